The van der Waals surface area contributed by atoms with Gasteiger partial charge in [0, 0.05) is 24.4 Å². The first kappa shape index (κ1) is 26.2. The molecule has 0 bridgehead atoms. The van der Waals surface area contributed by atoms with Crippen molar-refractivity contribution in [3.8, 4) is 5.75 Å². The number of anilines is 2. The second-order valence-corrected chi connectivity index (χ2v) is 11.5. The van der Waals surface area contributed by atoms with Gasteiger partial charge in [-0.3, -0.25) is 10.1 Å². The number of aromatic nitrogens is 1. The summed E-state index contributed by atoms with van der Waals surface area (Å²) in [5.41, 5.74) is 3.84. The second-order valence-electron chi connectivity index (χ2n) is 11.5. The normalized spacial score (nSPS) is 19.2. The molecule has 2 heterocycles. The van der Waals surface area contributed by atoms with Crippen LogP contribution in [0.2, 0.25) is 0 Å². The van der Waals surface area contributed by atoms with Gasteiger partial charge < -0.3 is 23.6 Å². The summed E-state index contributed by atoms with van der Waals surface area (Å²) in [6.07, 6.45) is 2.61. The summed E-state index contributed by atoms with van der Waals surface area (Å²) >= 11 is 0. The average Bonchev–Trinajstić information content (AvgIpc) is 3.67. The fourth-order valence-corrected chi connectivity index (χ4v) is 6.43. The highest BCUT2D eigenvalue weighted by atomic mass is 16.6. The van der Waals surface area contributed by atoms with Crippen LogP contribution in [0.3, 0.4) is 0 Å². The Balaban J connectivity index is 1.07. The Bertz CT molecular complexity index is 1420. The molecule has 3 aromatic rings. The van der Waals surface area contributed by atoms with Crippen LogP contribution >= 0.6 is 0 Å². The monoisotopic (exact) mass is 545 g/mol. The quantitative estimate of drug-likeness (QED) is 0.350. The summed E-state index contributed by atoms with van der Waals surface area (Å²) in [5.74, 6) is 1.50. The molecule has 1 amide bonds. The number of aryl methyl sites for hydroxylation is 1. The third-order valence-electron chi connectivity index (χ3n) is 8.85. The van der Waals surface area contributed by atoms with Crippen LogP contribution in [0.4, 0.5) is 16.2 Å². The molecule has 6 rings (SSSR count). The van der Waals surface area contributed by atoms with Gasteiger partial charge in [0.2, 0.25) is 0 Å². The number of benzene rings is 2. The van der Waals surface area contributed by atoms with Crippen molar-refractivity contribution in [1.29, 1.82) is 0 Å². The molecule has 1 spiro atoms. The Hall–Kier alpha value is -4.01. The number of esters is 1. The van der Waals surface area contributed by atoms with Crippen LogP contribution in [0.15, 0.2) is 53.1 Å². The minimum absolute atomic E-state index is 0.179. The zero-order valence-electron chi connectivity index (χ0n) is 23.4. The maximum absolute atomic E-state index is 12.7. The zero-order chi connectivity index (χ0) is 28.1. The molecular formula is C31H35N3O6. The number of amides is 1. The summed E-state index contributed by atoms with van der Waals surface area (Å²) in [4.78, 5) is 27.3. The van der Waals surface area contributed by atoms with E-state index in [0.717, 1.165) is 61.3 Å². The molecule has 2 saturated carbocycles. The van der Waals surface area contributed by atoms with E-state index in [1.165, 1.54) is 7.11 Å². The number of nitrogens with one attached hydrogen (secondary N) is 1. The summed E-state index contributed by atoms with van der Waals surface area (Å²) < 4.78 is 22.1. The predicted molar refractivity (Wildman–Crippen MR) is 149 cm³/mol. The molecule has 3 aliphatic rings. The third kappa shape index (κ3) is 4.47. The van der Waals surface area contributed by atoms with Crippen molar-refractivity contribution >= 4 is 23.4 Å². The number of ether oxygens (including phenoxy) is 3. The smallest absolute Gasteiger partial charge is 0.412 e. The van der Waals surface area contributed by atoms with Crippen LogP contribution in [0.1, 0.15) is 67.2 Å². The molecule has 3 fully saturated rings. The number of carbonyl (C=O) groups is 2. The Morgan fingerprint density at radius 2 is 1.82 bits per heavy atom. The van der Waals surface area contributed by atoms with Gasteiger partial charge in [-0.15, -0.1) is 0 Å². The topological polar surface area (TPSA) is 103 Å². The van der Waals surface area contributed by atoms with E-state index in [-0.39, 0.29) is 23.4 Å². The van der Waals surface area contributed by atoms with E-state index < -0.39 is 11.5 Å². The molecule has 9 nitrogen and oxygen atoms in total. The van der Waals surface area contributed by atoms with Crippen LogP contribution in [0.5, 0.6) is 5.75 Å². The van der Waals surface area contributed by atoms with Crippen molar-refractivity contribution in [1.82, 2.24) is 5.16 Å². The van der Waals surface area contributed by atoms with Crippen molar-refractivity contribution in [2.24, 2.45) is 5.41 Å². The highest BCUT2D eigenvalue weighted by Crippen LogP contribution is 2.59. The van der Waals surface area contributed by atoms with Gasteiger partial charge >= 0.3 is 12.1 Å². The second kappa shape index (κ2) is 9.87. The van der Waals surface area contributed by atoms with E-state index in [4.69, 9.17) is 18.7 Å². The van der Waals surface area contributed by atoms with Crippen LogP contribution < -0.4 is 15.0 Å². The van der Waals surface area contributed by atoms with Gasteiger partial charge in [0.25, 0.3) is 0 Å². The first-order valence-electron chi connectivity index (χ1n) is 13.8. The summed E-state index contributed by atoms with van der Waals surface area (Å²) in [6.45, 7) is 5.49. The fourth-order valence-electron chi connectivity index (χ4n) is 6.43. The van der Waals surface area contributed by atoms with Crippen LogP contribution in [-0.4, -0.2) is 44.5 Å². The molecule has 9 heteroatoms. The van der Waals surface area contributed by atoms with Gasteiger partial charge in [-0.1, -0.05) is 41.6 Å². The van der Waals surface area contributed by atoms with E-state index in [1.807, 2.05) is 56.3 Å². The maximum atomic E-state index is 12.7. The molecule has 40 heavy (non-hydrogen) atoms. The van der Waals surface area contributed by atoms with E-state index in [2.05, 4.69) is 21.4 Å². The zero-order valence-corrected chi connectivity index (χ0v) is 23.4. The Kier molecular flexibility index (Phi) is 6.47. The SMILES string of the molecule is COC(=O)C1(c2ccc(N3CC4(CC(c5onc(C)c5NC(=O)O[C@H](C)c5ccccc5)C4)C3)c(OC)c2)CC1. The van der Waals surface area contributed by atoms with Crippen molar-refractivity contribution in [3.05, 3.63) is 71.1 Å². The third-order valence-corrected chi connectivity index (χ3v) is 8.85. The molecule has 210 valence electrons. The molecule has 1 saturated heterocycles. The number of carbonyl (C=O) groups excluding carboxylic acids is 2. The number of nitrogens with zero attached hydrogens (tertiary/aromatic N) is 2. The van der Waals surface area contributed by atoms with Gasteiger partial charge in [-0.25, -0.2) is 4.79 Å². The van der Waals surface area contributed by atoms with Gasteiger partial charge in [-0.05, 0) is 62.8 Å². The Morgan fingerprint density at radius 3 is 2.48 bits per heavy atom. The van der Waals surface area contributed by atoms with Crippen molar-refractivity contribution in [2.75, 3.05) is 37.5 Å². The van der Waals surface area contributed by atoms with Crippen molar-refractivity contribution < 1.29 is 28.3 Å². The summed E-state index contributed by atoms with van der Waals surface area (Å²) in [6, 6.07) is 15.7. The lowest BCUT2D eigenvalue weighted by molar-refractivity contribution is -0.143. The Morgan fingerprint density at radius 1 is 1.10 bits per heavy atom. The van der Waals surface area contributed by atoms with Gasteiger partial charge in [-0.2, -0.15) is 0 Å². The van der Waals surface area contributed by atoms with Gasteiger partial charge in [0.1, 0.15) is 23.2 Å². The lowest BCUT2D eigenvalue weighted by Crippen LogP contribution is -2.62. The molecular weight excluding hydrogens is 510 g/mol. The standard InChI is InChI=1S/C31H35N3O6/c1-19-26(32-29(36)39-20(2)21-8-6-5-7-9-21)27(40-33-19)22-15-30(16-22)17-34(18-30)24-11-10-23(14-25(24)37-3)31(12-13-31)28(35)38-4/h5-11,14,20,22H,12-13,15-18H2,1-4H3,(H,32,36)/t20-/m1/s1. The number of rotatable bonds is 8. The van der Waals surface area contributed by atoms with Gasteiger partial charge in [0.15, 0.2) is 5.76 Å². The molecule has 2 aromatic carbocycles. The highest BCUT2D eigenvalue weighted by Gasteiger charge is 2.55. The first-order chi connectivity index (χ1) is 19.3. The molecule has 1 N–H and O–H groups in total. The lowest BCUT2D eigenvalue weighted by Gasteiger charge is -2.59. The molecule has 0 radical (unpaired) electrons. The summed E-state index contributed by atoms with van der Waals surface area (Å²) in [7, 11) is 3.11. The lowest BCUT2D eigenvalue weighted by atomic mass is 9.57. The fraction of sp³-hybridized carbons (Fsp3) is 0.452. The van der Waals surface area contributed by atoms with E-state index in [9.17, 15) is 9.59 Å². The number of methoxy groups -OCH3 is 2. The van der Waals surface area contributed by atoms with E-state index in [1.54, 1.807) is 7.11 Å². The molecule has 2 aliphatic carbocycles. The highest BCUT2D eigenvalue weighted by molar-refractivity contribution is 5.87. The number of hydrogen-bond acceptors (Lipinski definition) is 8. The average molecular weight is 546 g/mol. The van der Waals surface area contributed by atoms with E-state index in [0.29, 0.717) is 17.1 Å². The predicted octanol–water partition coefficient (Wildman–Crippen LogP) is 5.89. The largest absolute Gasteiger partial charge is 0.495 e. The molecule has 1 atom stereocenters. The van der Waals surface area contributed by atoms with Crippen LogP contribution in [0, 0.1) is 12.3 Å². The summed E-state index contributed by atoms with van der Waals surface area (Å²) in [5, 5.41) is 7.01. The van der Waals surface area contributed by atoms with E-state index >= 15 is 0 Å². The van der Waals surface area contributed by atoms with Crippen molar-refractivity contribution in [2.45, 2.75) is 57.0 Å². The van der Waals surface area contributed by atoms with Crippen molar-refractivity contribution in [3.63, 3.8) is 0 Å². The maximum Gasteiger partial charge on any atom is 0.412 e. The van der Waals surface area contributed by atoms with Gasteiger partial charge in [0.05, 0.1) is 25.3 Å². The number of hydrogen-bond donors (Lipinski definition) is 1. The molecule has 1 aromatic heterocycles. The minimum atomic E-state index is -0.525. The molecule has 0 unspecified atom stereocenters. The molecule has 1 aliphatic heterocycles. The van der Waals surface area contributed by atoms with Crippen LogP contribution in [0.25, 0.3) is 0 Å². The Labute approximate surface area is 233 Å². The first-order valence-corrected chi connectivity index (χ1v) is 13.8. The minimum Gasteiger partial charge on any atom is -0.495 e. The van der Waals surface area contributed by atoms with Crippen LogP contribution in [-0.2, 0) is 19.7 Å².